The summed E-state index contributed by atoms with van der Waals surface area (Å²) < 4.78 is 11.6. The van der Waals surface area contributed by atoms with Crippen molar-refractivity contribution < 1.29 is 24.2 Å². The third-order valence-electron chi connectivity index (χ3n) is 5.04. The SMILES string of the molecule is C[C@H](CCOC(=O)CS)[C@@H](OC(=O)Nc1cccc2ccccc12)c1cc(Br)ccc1O. The van der Waals surface area contributed by atoms with Gasteiger partial charge in [0.25, 0.3) is 0 Å². The van der Waals surface area contributed by atoms with Crippen molar-refractivity contribution in [3.63, 3.8) is 0 Å². The van der Waals surface area contributed by atoms with Gasteiger partial charge in [-0.2, -0.15) is 12.6 Å². The molecule has 0 heterocycles. The number of carbonyl (C=O) groups excluding carboxylic acids is 2. The van der Waals surface area contributed by atoms with E-state index in [4.69, 9.17) is 9.47 Å². The summed E-state index contributed by atoms with van der Waals surface area (Å²) in [5.74, 6) is -0.665. The molecule has 0 fully saturated rings. The molecule has 0 bridgehead atoms. The summed E-state index contributed by atoms with van der Waals surface area (Å²) in [7, 11) is 0. The Hall–Kier alpha value is -2.71. The van der Waals surface area contributed by atoms with Gasteiger partial charge in [0.15, 0.2) is 0 Å². The number of amides is 1. The summed E-state index contributed by atoms with van der Waals surface area (Å²) in [5.41, 5.74) is 1.08. The van der Waals surface area contributed by atoms with Crippen LogP contribution < -0.4 is 5.32 Å². The summed E-state index contributed by atoms with van der Waals surface area (Å²) in [6.45, 7) is 2.02. The van der Waals surface area contributed by atoms with E-state index in [0.717, 1.165) is 15.2 Å². The minimum atomic E-state index is -0.767. The van der Waals surface area contributed by atoms with E-state index in [9.17, 15) is 14.7 Å². The topological polar surface area (TPSA) is 84.9 Å². The van der Waals surface area contributed by atoms with Crippen LogP contribution in [0.25, 0.3) is 10.8 Å². The largest absolute Gasteiger partial charge is 0.508 e. The highest BCUT2D eigenvalue weighted by Crippen LogP contribution is 2.36. The smallest absolute Gasteiger partial charge is 0.412 e. The lowest BCUT2D eigenvalue weighted by atomic mass is 9.94. The molecule has 168 valence electrons. The van der Waals surface area contributed by atoms with E-state index in [2.05, 4.69) is 33.9 Å². The molecule has 3 rings (SSSR count). The van der Waals surface area contributed by atoms with Gasteiger partial charge in [-0.1, -0.05) is 59.3 Å². The molecule has 3 aromatic carbocycles. The zero-order valence-corrected chi connectivity index (χ0v) is 19.9. The number of thiol groups is 1. The van der Waals surface area contributed by atoms with Gasteiger partial charge in [0, 0.05) is 21.3 Å². The van der Waals surface area contributed by atoms with Crippen molar-refractivity contribution in [1.82, 2.24) is 0 Å². The maximum absolute atomic E-state index is 12.8. The molecule has 3 aromatic rings. The minimum Gasteiger partial charge on any atom is -0.508 e. The molecule has 6 nitrogen and oxygen atoms in total. The molecule has 0 spiro atoms. The third kappa shape index (κ3) is 6.17. The number of halogens is 1. The number of phenolic OH excluding ortho intramolecular Hbond substituents is 1. The fourth-order valence-corrected chi connectivity index (χ4v) is 3.85. The molecule has 0 aliphatic carbocycles. The fourth-order valence-electron chi connectivity index (χ4n) is 3.38. The van der Waals surface area contributed by atoms with E-state index < -0.39 is 18.2 Å². The van der Waals surface area contributed by atoms with Gasteiger partial charge in [0.05, 0.1) is 18.0 Å². The number of esters is 1. The summed E-state index contributed by atoms with van der Waals surface area (Å²) >= 11 is 7.29. The number of carbonyl (C=O) groups is 2. The molecule has 0 unspecified atom stereocenters. The first-order valence-electron chi connectivity index (χ1n) is 10.1. The van der Waals surface area contributed by atoms with Crippen LogP contribution in [0.5, 0.6) is 5.75 Å². The number of anilines is 1. The van der Waals surface area contributed by atoms with E-state index in [0.29, 0.717) is 17.7 Å². The van der Waals surface area contributed by atoms with Gasteiger partial charge in [-0.05, 0) is 36.1 Å². The van der Waals surface area contributed by atoms with Crippen molar-refractivity contribution in [3.8, 4) is 5.75 Å². The first-order valence-corrected chi connectivity index (χ1v) is 11.5. The van der Waals surface area contributed by atoms with Gasteiger partial charge < -0.3 is 14.6 Å². The number of aromatic hydroxyl groups is 1. The number of rotatable bonds is 8. The minimum absolute atomic E-state index is 0.00579. The van der Waals surface area contributed by atoms with Crippen LogP contribution in [0.2, 0.25) is 0 Å². The predicted molar refractivity (Wildman–Crippen MR) is 131 cm³/mol. The number of hydrogen-bond donors (Lipinski definition) is 3. The Labute approximate surface area is 200 Å². The molecule has 2 N–H and O–H groups in total. The van der Waals surface area contributed by atoms with Crippen molar-refractivity contribution in [2.45, 2.75) is 19.4 Å². The van der Waals surface area contributed by atoms with Gasteiger partial charge in [-0.25, -0.2) is 4.79 Å². The third-order valence-corrected chi connectivity index (χ3v) is 5.79. The molecule has 0 saturated carbocycles. The first-order chi connectivity index (χ1) is 15.4. The second-order valence-corrected chi connectivity index (χ2v) is 8.56. The van der Waals surface area contributed by atoms with Crippen molar-refractivity contribution in [2.24, 2.45) is 5.92 Å². The Morgan fingerprint density at radius 1 is 1.12 bits per heavy atom. The number of nitrogens with one attached hydrogen (secondary N) is 1. The highest BCUT2D eigenvalue weighted by Gasteiger charge is 2.27. The second-order valence-electron chi connectivity index (χ2n) is 7.33. The maximum atomic E-state index is 12.8. The zero-order valence-electron chi connectivity index (χ0n) is 17.5. The molecule has 2 atom stereocenters. The molecule has 0 aliphatic rings. The Kier molecular flexibility index (Phi) is 8.41. The molecular weight excluding hydrogens is 494 g/mol. The normalized spacial score (nSPS) is 12.7. The summed E-state index contributed by atoms with van der Waals surface area (Å²) in [6.07, 6.45) is -0.986. The zero-order chi connectivity index (χ0) is 23.1. The van der Waals surface area contributed by atoms with Gasteiger partial charge in [0.1, 0.15) is 11.9 Å². The van der Waals surface area contributed by atoms with Crippen LogP contribution in [0.4, 0.5) is 10.5 Å². The van der Waals surface area contributed by atoms with Crippen LogP contribution >= 0.6 is 28.6 Å². The lowest BCUT2D eigenvalue weighted by molar-refractivity contribution is -0.141. The van der Waals surface area contributed by atoms with Gasteiger partial charge in [-0.15, -0.1) is 0 Å². The molecule has 8 heteroatoms. The highest BCUT2D eigenvalue weighted by molar-refractivity contribution is 9.10. The van der Waals surface area contributed by atoms with E-state index >= 15 is 0 Å². The summed E-state index contributed by atoms with van der Waals surface area (Å²) in [5, 5.41) is 15.1. The fraction of sp³-hybridized carbons (Fsp3) is 0.250. The van der Waals surface area contributed by atoms with E-state index in [1.54, 1.807) is 18.2 Å². The lowest BCUT2D eigenvalue weighted by Crippen LogP contribution is -2.23. The van der Waals surface area contributed by atoms with Gasteiger partial charge in [-0.3, -0.25) is 10.1 Å². The number of ether oxygens (including phenoxy) is 2. The maximum Gasteiger partial charge on any atom is 0.412 e. The van der Waals surface area contributed by atoms with Crippen LogP contribution in [0, 0.1) is 5.92 Å². The van der Waals surface area contributed by atoms with Crippen LogP contribution in [0.1, 0.15) is 25.0 Å². The molecule has 0 saturated heterocycles. The summed E-state index contributed by atoms with van der Waals surface area (Å²) in [4.78, 5) is 24.2. The molecule has 1 amide bonds. The molecule has 0 aromatic heterocycles. The Balaban J connectivity index is 1.80. The lowest BCUT2D eigenvalue weighted by Gasteiger charge is -2.25. The number of fused-ring (bicyclic) bond motifs is 1. The molecule has 0 radical (unpaired) electrons. The Bertz CT molecular complexity index is 1100. The molecule has 0 aliphatic heterocycles. The predicted octanol–water partition coefficient (Wildman–Crippen LogP) is 6.10. The first kappa shape index (κ1) is 23.9. The average Bonchev–Trinajstić information content (AvgIpc) is 2.79. The van der Waals surface area contributed by atoms with Crippen molar-refractivity contribution >= 4 is 57.1 Å². The van der Waals surface area contributed by atoms with Crippen molar-refractivity contribution in [2.75, 3.05) is 17.7 Å². The van der Waals surface area contributed by atoms with Gasteiger partial charge >= 0.3 is 12.1 Å². The quantitative estimate of drug-likeness (QED) is 0.248. The Morgan fingerprint density at radius 3 is 2.66 bits per heavy atom. The van der Waals surface area contributed by atoms with E-state index in [-0.39, 0.29) is 24.0 Å². The molecule has 32 heavy (non-hydrogen) atoms. The highest BCUT2D eigenvalue weighted by atomic mass is 79.9. The van der Waals surface area contributed by atoms with E-state index in [1.807, 2.05) is 43.3 Å². The summed E-state index contributed by atoms with van der Waals surface area (Å²) in [6, 6.07) is 18.3. The van der Waals surface area contributed by atoms with Gasteiger partial charge in [0.2, 0.25) is 0 Å². The standard InChI is InChI=1S/C24H24BrNO5S/c1-15(11-12-30-22(28)14-32)23(19-13-17(25)9-10-21(19)27)31-24(29)26-20-8-4-6-16-5-2-3-7-18(16)20/h2-10,13,15,23,27,32H,11-12,14H2,1H3,(H,26,29)/t15-,23-/m1/s1. The van der Waals surface area contributed by atoms with Crippen LogP contribution in [-0.2, 0) is 14.3 Å². The number of phenols is 1. The molecular formula is C24H24BrNO5S. The van der Waals surface area contributed by atoms with Crippen LogP contribution in [-0.4, -0.2) is 29.5 Å². The number of hydrogen-bond acceptors (Lipinski definition) is 6. The number of benzene rings is 3. The van der Waals surface area contributed by atoms with Crippen LogP contribution in [0.3, 0.4) is 0 Å². The van der Waals surface area contributed by atoms with Crippen molar-refractivity contribution in [1.29, 1.82) is 0 Å². The monoisotopic (exact) mass is 517 g/mol. The average molecular weight is 518 g/mol. The van der Waals surface area contributed by atoms with E-state index in [1.165, 1.54) is 6.07 Å². The van der Waals surface area contributed by atoms with Crippen molar-refractivity contribution in [3.05, 3.63) is 70.7 Å². The Morgan fingerprint density at radius 2 is 1.88 bits per heavy atom. The van der Waals surface area contributed by atoms with Crippen LogP contribution in [0.15, 0.2) is 65.1 Å². The second kappa shape index (κ2) is 11.2.